The summed E-state index contributed by atoms with van der Waals surface area (Å²) in [5.74, 6) is 0.596. The molecule has 1 aromatic heterocycles. The monoisotopic (exact) mass is 412 g/mol. The van der Waals surface area contributed by atoms with Gasteiger partial charge >= 0.3 is 5.97 Å². The van der Waals surface area contributed by atoms with E-state index in [1.165, 1.54) is 13.4 Å². The van der Waals surface area contributed by atoms with Gasteiger partial charge in [0, 0.05) is 13.2 Å². The highest BCUT2D eigenvalue weighted by Crippen LogP contribution is 2.26. The molecule has 0 aliphatic carbocycles. The quantitative estimate of drug-likeness (QED) is 0.386. The molecular weight excluding hydrogens is 388 g/mol. The van der Waals surface area contributed by atoms with E-state index in [2.05, 4.69) is 0 Å². The van der Waals surface area contributed by atoms with Gasteiger partial charge in [-0.05, 0) is 37.1 Å². The van der Waals surface area contributed by atoms with Gasteiger partial charge in [-0.3, -0.25) is 4.79 Å². The average molecular weight is 412 g/mol. The SMILES string of the molecule is CCc1ccccc1Oc1coc2cc(O[C@@H](C)C(=O)OCCOC)ccc2c1=O. The van der Waals surface area contributed by atoms with Crippen molar-refractivity contribution < 1.29 is 28.2 Å². The van der Waals surface area contributed by atoms with Crippen LogP contribution in [0, 0.1) is 0 Å². The van der Waals surface area contributed by atoms with Crippen LogP contribution in [0.1, 0.15) is 19.4 Å². The van der Waals surface area contributed by atoms with E-state index in [0.717, 1.165) is 12.0 Å². The fraction of sp³-hybridized carbons (Fsp3) is 0.304. The third-order valence-electron chi connectivity index (χ3n) is 4.46. The highest BCUT2D eigenvalue weighted by molar-refractivity contribution is 5.79. The molecule has 0 saturated carbocycles. The summed E-state index contributed by atoms with van der Waals surface area (Å²) in [6.45, 7) is 4.06. The van der Waals surface area contributed by atoms with E-state index in [0.29, 0.717) is 29.1 Å². The maximum atomic E-state index is 12.8. The van der Waals surface area contributed by atoms with Crippen LogP contribution < -0.4 is 14.9 Å². The molecule has 3 aromatic rings. The molecule has 0 saturated heterocycles. The molecule has 1 heterocycles. The Balaban J connectivity index is 1.77. The summed E-state index contributed by atoms with van der Waals surface area (Å²) in [7, 11) is 1.52. The van der Waals surface area contributed by atoms with Crippen LogP contribution in [0.4, 0.5) is 0 Å². The lowest BCUT2D eigenvalue weighted by Gasteiger charge is -2.14. The van der Waals surface area contributed by atoms with E-state index >= 15 is 0 Å². The largest absolute Gasteiger partial charge is 0.479 e. The maximum absolute atomic E-state index is 12.8. The molecule has 0 bridgehead atoms. The summed E-state index contributed by atoms with van der Waals surface area (Å²) in [4.78, 5) is 24.7. The van der Waals surface area contributed by atoms with Gasteiger partial charge < -0.3 is 23.4 Å². The molecule has 30 heavy (non-hydrogen) atoms. The summed E-state index contributed by atoms with van der Waals surface area (Å²) in [6.07, 6.45) is 1.24. The molecule has 2 aromatic carbocycles. The number of para-hydroxylation sites is 1. The van der Waals surface area contributed by atoms with E-state index in [4.69, 9.17) is 23.4 Å². The van der Waals surface area contributed by atoms with Crippen molar-refractivity contribution >= 4 is 16.9 Å². The first kappa shape index (κ1) is 21.4. The van der Waals surface area contributed by atoms with Crippen LogP contribution in [0.25, 0.3) is 11.0 Å². The molecule has 7 nitrogen and oxygen atoms in total. The zero-order valence-electron chi connectivity index (χ0n) is 17.2. The number of carbonyl (C=O) groups excluding carboxylic acids is 1. The zero-order chi connectivity index (χ0) is 21.5. The Hall–Kier alpha value is -3.32. The van der Waals surface area contributed by atoms with Gasteiger partial charge in [0.05, 0.1) is 12.0 Å². The molecule has 0 N–H and O–H groups in total. The molecule has 7 heteroatoms. The Bertz CT molecular complexity index is 1070. The number of ether oxygens (including phenoxy) is 4. The summed E-state index contributed by atoms with van der Waals surface area (Å²) in [6, 6.07) is 12.3. The molecule has 0 aliphatic rings. The lowest BCUT2D eigenvalue weighted by molar-refractivity contribution is -0.152. The molecule has 0 unspecified atom stereocenters. The average Bonchev–Trinajstić information content (AvgIpc) is 2.76. The van der Waals surface area contributed by atoms with Crippen LogP contribution in [0.2, 0.25) is 0 Å². The molecule has 1 atom stereocenters. The highest BCUT2D eigenvalue weighted by atomic mass is 16.6. The summed E-state index contributed by atoms with van der Waals surface area (Å²) < 4.78 is 26.9. The van der Waals surface area contributed by atoms with Crippen LogP contribution in [-0.2, 0) is 20.7 Å². The Labute approximate surface area is 174 Å². The minimum atomic E-state index is -0.820. The van der Waals surface area contributed by atoms with E-state index < -0.39 is 12.1 Å². The van der Waals surface area contributed by atoms with E-state index in [9.17, 15) is 9.59 Å². The predicted molar refractivity (Wildman–Crippen MR) is 111 cm³/mol. The van der Waals surface area contributed by atoms with Gasteiger partial charge in [-0.15, -0.1) is 0 Å². The van der Waals surface area contributed by atoms with Gasteiger partial charge in [-0.2, -0.15) is 0 Å². The molecule has 158 valence electrons. The van der Waals surface area contributed by atoms with Gasteiger partial charge in [0.1, 0.15) is 30.0 Å². The zero-order valence-corrected chi connectivity index (χ0v) is 17.2. The van der Waals surface area contributed by atoms with E-state index in [1.807, 2.05) is 31.2 Å². The van der Waals surface area contributed by atoms with Crippen molar-refractivity contribution in [2.75, 3.05) is 20.3 Å². The first-order valence-corrected chi connectivity index (χ1v) is 9.67. The second kappa shape index (κ2) is 9.93. The van der Waals surface area contributed by atoms with Crippen molar-refractivity contribution in [1.82, 2.24) is 0 Å². The number of rotatable bonds is 9. The first-order chi connectivity index (χ1) is 14.5. The van der Waals surface area contributed by atoms with Crippen LogP contribution in [-0.4, -0.2) is 32.4 Å². The van der Waals surface area contributed by atoms with E-state index in [1.54, 1.807) is 25.1 Å². The van der Waals surface area contributed by atoms with Crippen molar-refractivity contribution in [2.45, 2.75) is 26.4 Å². The molecule has 0 spiro atoms. The summed E-state index contributed by atoms with van der Waals surface area (Å²) in [5.41, 5.74) is 1.03. The molecular formula is C23H24O7. The van der Waals surface area contributed by atoms with Gasteiger partial charge in [-0.1, -0.05) is 25.1 Å². The van der Waals surface area contributed by atoms with Crippen molar-refractivity contribution in [1.29, 1.82) is 0 Å². The Morgan fingerprint density at radius 2 is 1.90 bits per heavy atom. The number of fused-ring (bicyclic) bond motifs is 1. The summed E-state index contributed by atoms with van der Waals surface area (Å²) in [5, 5.41) is 0.351. The van der Waals surface area contributed by atoms with Crippen LogP contribution in [0.5, 0.6) is 17.2 Å². The van der Waals surface area contributed by atoms with E-state index in [-0.39, 0.29) is 17.8 Å². The van der Waals surface area contributed by atoms with Gasteiger partial charge in [0.15, 0.2) is 6.10 Å². The molecule has 3 rings (SSSR count). The topological polar surface area (TPSA) is 84.2 Å². The van der Waals surface area contributed by atoms with Crippen molar-refractivity contribution in [3.63, 3.8) is 0 Å². The second-order valence-electron chi connectivity index (χ2n) is 6.57. The smallest absolute Gasteiger partial charge is 0.347 e. The van der Waals surface area contributed by atoms with Crippen molar-refractivity contribution in [2.24, 2.45) is 0 Å². The lowest BCUT2D eigenvalue weighted by atomic mass is 10.1. The Morgan fingerprint density at radius 1 is 1.10 bits per heavy atom. The number of hydrogen-bond acceptors (Lipinski definition) is 7. The number of hydrogen-bond donors (Lipinski definition) is 0. The minimum Gasteiger partial charge on any atom is -0.479 e. The third-order valence-corrected chi connectivity index (χ3v) is 4.46. The van der Waals surface area contributed by atoms with Gasteiger partial charge in [-0.25, -0.2) is 4.79 Å². The van der Waals surface area contributed by atoms with Crippen LogP contribution >= 0.6 is 0 Å². The number of carbonyl (C=O) groups is 1. The highest BCUT2D eigenvalue weighted by Gasteiger charge is 2.17. The fourth-order valence-electron chi connectivity index (χ4n) is 2.84. The van der Waals surface area contributed by atoms with Gasteiger partial charge in [0.25, 0.3) is 0 Å². The fourth-order valence-corrected chi connectivity index (χ4v) is 2.84. The maximum Gasteiger partial charge on any atom is 0.347 e. The number of aryl methyl sites for hydroxylation is 1. The normalized spacial score (nSPS) is 11.8. The number of benzene rings is 2. The third kappa shape index (κ3) is 4.99. The first-order valence-electron chi connectivity index (χ1n) is 9.67. The molecule has 0 aliphatic heterocycles. The molecule has 0 amide bonds. The van der Waals surface area contributed by atoms with Crippen LogP contribution in [0.15, 0.2) is 57.9 Å². The number of methoxy groups -OCH3 is 1. The molecule has 0 radical (unpaired) electrons. The minimum absolute atomic E-state index is 0.104. The lowest BCUT2D eigenvalue weighted by Crippen LogP contribution is -2.27. The van der Waals surface area contributed by atoms with Crippen molar-refractivity contribution in [3.8, 4) is 17.2 Å². The van der Waals surface area contributed by atoms with Crippen LogP contribution in [0.3, 0.4) is 0 Å². The second-order valence-corrected chi connectivity index (χ2v) is 6.57. The van der Waals surface area contributed by atoms with Crippen molar-refractivity contribution in [3.05, 3.63) is 64.5 Å². The summed E-state index contributed by atoms with van der Waals surface area (Å²) >= 11 is 0. The number of esters is 1. The van der Waals surface area contributed by atoms with Gasteiger partial charge in [0.2, 0.25) is 11.2 Å². The standard InChI is InChI=1S/C23H24O7/c1-4-16-7-5-6-8-19(16)30-21-14-28-20-13-17(9-10-18(20)22(21)24)29-15(2)23(25)27-12-11-26-3/h5-10,13-15H,4,11-12H2,1-3H3/t15-/m0/s1. The predicted octanol–water partition coefficient (Wildman–Crippen LogP) is 4.10. The Kier molecular flexibility index (Phi) is 7.08. The molecule has 0 fully saturated rings. The Morgan fingerprint density at radius 3 is 2.67 bits per heavy atom.